The molecule has 0 aliphatic carbocycles. The number of alkyl halides is 2. The molecule has 0 radical (unpaired) electrons. The molecule has 0 spiro atoms. The fourth-order valence-electron chi connectivity index (χ4n) is 0.179. The summed E-state index contributed by atoms with van der Waals surface area (Å²) in [6.07, 6.45) is 0. The number of quaternary nitrogens is 1. The lowest BCUT2D eigenvalue weighted by atomic mass is 10.8. The molecule has 1 unspecified atom stereocenters. The Hall–Kier alpha value is -0.590. The van der Waals surface area contributed by atoms with Crippen LogP contribution in [-0.4, -0.2) is 12.5 Å². The van der Waals surface area contributed by atoms with Crippen molar-refractivity contribution in [1.82, 2.24) is 0 Å². The minimum absolute atomic E-state index is 0.699. The lowest BCUT2D eigenvalue weighted by Crippen LogP contribution is -3.19. The Kier molecular flexibility index (Phi) is 3.21. The summed E-state index contributed by atoms with van der Waals surface area (Å²) in [5.41, 5.74) is 0. The molecule has 9 heavy (non-hydrogen) atoms. The summed E-state index contributed by atoms with van der Waals surface area (Å²) in [6, 6.07) is 0. The van der Waals surface area contributed by atoms with Gasteiger partial charge >= 0.3 is 12.5 Å². The molecule has 0 bridgehead atoms. The minimum atomic E-state index is -3.02. The number of hydrogen-bond donors (Lipinski definition) is 2. The van der Waals surface area contributed by atoms with Crippen LogP contribution in [0.15, 0.2) is 0 Å². The Morgan fingerprint density at radius 2 is 2.22 bits per heavy atom. The molecule has 0 rings (SSSR count). The van der Waals surface area contributed by atoms with Gasteiger partial charge in [0.2, 0.25) is 0 Å². The molecule has 54 valence electrons. The van der Waals surface area contributed by atoms with E-state index in [-0.39, 0.29) is 0 Å². The molecule has 0 aromatic rings. The van der Waals surface area contributed by atoms with Crippen molar-refractivity contribution in [2.45, 2.75) is 13.5 Å². The molecular formula is C3H7F2N2O2+. The molecule has 3 N–H and O–H groups in total. The van der Waals surface area contributed by atoms with Crippen molar-refractivity contribution in [1.29, 1.82) is 0 Å². The van der Waals surface area contributed by atoms with E-state index in [4.69, 9.17) is 0 Å². The number of halogens is 2. The first-order chi connectivity index (χ1) is 4.04. The number of carbonyl (C=O) groups excluding carboxylic acids is 1. The first kappa shape index (κ1) is 8.41. The van der Waals surface area contributed by atoms with E-state index in [0.717, 1.165) is 6.92 Å². The van der Waals surface area contributed by atoms with E-state index in [1.807, 2.05) is 0 Å². The highest BCUT2D eigenvalue weighted by molar-refractivity contribution is 5.62. The first-order valence-corrected chi connectivity index (χ1v) is 2.12. The van der Waals surface area contributed by atoms with E-state index in [1.165, 1.54) is 0 Å². The van der Waals surface area contributed by atoms with Gasteiger partial charge in [0.05, 0.1) is 6.92 Å². The number of hydrogen-bond acceptors (Lipinski definition) is 3. The van der Waals surface area contributed by atoms with Crippen LogP contribution in [0.2, 0.25) is 0 Å². The second kappa shape index (κ2) is 3.44. The number of rotatable bonds is 2. The van der Waals surface area contributed by atoms with Gasteiger partial charge < -0.3 is 0 Å². The van der Waals surface area contributed by atoms with Gasteiger partial charge in [-0.05, 0) is 0 Å². The number of nitrogens with two attached hydrogens (primary N) is 1. The molecule has 1 atom stereocenters. The van der Waals surface area contributed by atoms with Crippen LogP contribution < -0.4 is 11.0 Å². The number of amides is 1. The summed E-state index contributed by atoms with van der Waals surface area (Å²) >= 11 is 0. The van der Waals surface area contributed by atoms with Gasteiger partial charge in [0.15, 0.2) is 0 Å². The topological polar surface area (TPSA) is 56.8 Å². The van der Waals surface area contributed by atoms with Gasteiger partial charge in [0.25, 0.3) is 0 Å². The smallest absolute Gasteiger partial charge is 0.226 e. The van der Waals surface area contributed by atoms with Gasteiger partial charge in [-0.25, -0.2) is 4.79 Å². The standard InChI is InChI=1S/C3H6F2N2O2/c1-2(8)7(6)9-3(4)5/h3H,6H2,1H3/p+1. The number of nitrogens with one attached hydrogen (secondary N) is 1. The third-order valence-electron chi connectivity index (χ3n) is 0.563. The maximum Gasteiger partial charge on any atom is 0.395 e. The van der Waals surface area contributed by atoms with Crippen molar-refractivity contribution in [2.24, 2.45) is 5.84 Å². The molecule has 0 fully saturated rings. The molecule has 6 heteroatoms. The summed E-state index contributed by atoms with van der Waals surface area (Å²) in [7, 11) is 0. The van der Waals surface area contributed by atoms with Crippen molar-refractivity contribution in [3.63, 3.8) is 0 Å². The van der Waals surface area contributed by atoms with Gasteiger partial charge in [-0.1, -0.05) is 5.17 Å². The Labute approximate surface area is 50.1 Å². The number of carbonyl (C=O) groups is 1. The average molecular weight is 141 g/mol. The van der Waals surface area contributed by atoms with Crippen LogP contribution in [0.4, 0.5) is 8.78 Å². The Morgan fingerprint density at radius 1 is 1.78 bits per heavy atom. The Bertz CT molecular complexity index is 108. The zero-order chi connectivity index (χ0) is 7.44. The van der Waals surface area contributed by atoms with Crippen LogP contribution in [0.25, 0.3) is 0 Å². The summed E-state index contributed by atoms with van der Waals surface area (Å²) in [5.74, 6) is 3.98. The largest absolute Gasteiger partial charge is 0.395 e. The van der Waals surface area contributed by atoms with E-state index < -0.39 is 17.7 Å². The highest BCUT2D eigenvalue weighted by atomic mass is 19.3. The maximum absolute atomic E-state index is 11.2. The van der Waals surface area contributed by atoms with Crippen molar-refractivity contribution < 1.29 is 23.6 Å². The van der Waals surface area contributed by atoms with Gasteiger partial charge in [0, 0.05) is 0 Å². The minimum Gasteiger partial charge on any atom is -0.226 e. The van der Waals surface area contributed by atoms with E-state index in [1.54, 1.807) is 0 Å². The third kappa shape index (κ3) is 3.95. The van der Waals surface area contributed by atoms with Crippen molar-refractivity contribution in [2.75, 3.05) is 0 Å². The molecule has 4 nitrogen and oxygen atoms in total. The normalized spacial score (nSPS) is 13.9. The van der Waals surface area contributed by atoms with Crippen LogP contribution in [0.1, 0.15) is 6.92 Å². The fourth-order valence-corrected chi connectivity index (χ4v) is 0.179. The highest BCUT2D eigenvalue weighted by Gasteiger charge is 2.16. The quantitative estimate of drug-likeness (QED) is 0.278. The number of hydroxylamine groups is 1. The summed E-state index contributed by atoms with van der Waals surface area (Å²) in [4.78, 5) is 13.6. The van der Waals surface area contributed by atoms with Gasteiger partial charge in [-0.15, -0.1) is 10.7 Å². The fraction of sp³-hybridized carbons (Fsp3) is 0.667. The zero-order valence-corrected chi connectivity index (χ0v) is 4.73. The van der Waals surface area contributed by atoms with Crippen LogP contribution in [-0.2, 0) is 9.63 Å². The maximum atomic E-state index is 11.2. The Morgan fingerprint density at radius 3 is 2.33 bits per heavy atom. The second-order valence-corrected chi connectivity index (χ2v) is 1.30. The monoisotopic (exact) mass is 141 g/mol. The van der Waals surface area contributed by atoms with E-state index in [0.29, 0.717) is 0 Å². The molecule has 0 heterocycles. The van der Waals surface area contributed by atoms with Crippen LogP contribution >= 0.6 is 0 Å². The van der Waals surface area contributed by atoms with Crippen molar-refractivity contribution in [3.05, 3.63) is 0 Å². The highest BCUT2D eigenvalue weighted by Crippen LogP contribution is 1.85. The van der Waals surface area contributed by atoms with Crippen LogP contribution in [0, 0.1) is 0 Å². The van der Waals surface area contributed by atoms with Gasteiger partial charge in [0.1, 0.15) is 0 Å². The second-order valence-electron chi connectivity index (χ2n) is 1.30. The predicted molar refractivity (Wildman–Crippen MR) is 22.9 cm³/mol. The van der Waals surface area contributed by atoms with E-state index >= 15 is 0 Å². The van der Waals surface area contributed by atoms with Crippen LogP contribution in [0.5, 0.6) is 0 Å². The lowest BCUT2D eigenvalue weighted by molar-refractivity contribution is -1.05. The lowest BCUT2D eigenvalue weighted by Gasteiger charge is -2.03. The van der Waals surface area contributed by atoms with Crippen molar-refractivity contribution >= 4 is 5.91 Å². The molecule has 0 aliphatic heterocycles. The summed E-state index contributed by atoms with van der Waals surface area (Å²) in [6.45, 7) is -1.98. The van der Waals surface area contributed by atoms with E-state index in [9.17, 15) is 13.6 Å². The third-order valence-corrected chi connectivity index (χ3v) is 0.563. The summed E-state index contributed by atoms with van der Waals surface area (Å²) < 4.78 is 22.3. The zero-order valence-electron chi connectivity index (χ0n) is 4.73. The average Bonchev–Trinajstić information content (AvgIpc) is 1.63. The molecule has 0 aromatic carbocycles. The molecule has 1 amide bonds. The molecule has 0 aliphatic rings. The SMILES string of the molecule is CC(=O)[NH+](N)OC(F)F. The van der Waals surface area contributed by atoms with Crippen molar-refractivity contribution in [3.8, 4) is 0 Å². The van der Waals surface area contributed by atoms with Gasteiger partial charge in [-0.2, -0.15) is 8.78 Å². The molecule has 0 saturated heterocycles. The van der Waals surface area contributed by atoms with Crippen LogP contribution in [0.3, 0.4) is 0 Å². The molecule has 0 aromatic heterocycles. The first-order valence-electron chi connectivity index (χ1n) is 2.12. The molecular weight excluding hydrogens is 134 g/mol. The molecule has 0 saturated carbocycles. The van der Waals surface area contributed by atoms with E-state index in [2.05, 4.69) is 10.7 Å². The predicted octanol–water partition coefficient (Wildman–Crippen LogP) is -1.55. The Balaban J connectivity index is 3.50. The summed E-state index contributed by atoms with van der Waals surface area (Å²) in [5, 5.41) is -0.759. The van der Waals surface area contributed by atoms with Gasteiger partial charge in [-0.3, -0.25) is 0 Å².